The number of anilines is 1. The molecule has 1 aliphatic rings. The van der Waals surface area contributed by atoms with Gasteiger partial charge in [-0.05, 0) is 48.1 Å². The summed E-state index contributed by atoms with van der Waals surface area (Å²) in [5.74, 6) is 1.45. The van der Waals surface area contributed by atoms with Crippen LogP contribution in [-0.4, -0.2) is 47.6 Å². The van der Waals surface area contributed by atoms with E-state index in [1.807, 2.05) is 54.6 Å². The van der Waals surface area contributed by atoms with Gasteiger partial charge in [-0.15, -0.1) is 0 Å². The molecule has 4 nitrogen and oxygen atoms in total. The van der Waals surface area contributed by atoms with Gasteiger partial charge in [0, 0.05) is 37.7 Å². The number of piperazine rings is 1. The third kappa shape index (κ3) is 6.33. The SMILES string of the molecule is S=C(Nc1cc(Cl)ccc1Oc1ccccc1)N1CCN(C/C=C/c2ccccc2)CC1. The van der Waals surface area contributed by atoms with Crippen molar-refractivity contribution in [2.24, 2.45) is 0 Å². The Labute approximate surface area is 200 Å². The van der Waals surface area contributed by atoms with Gasteiger partial charge in [0.2, 0.25) is 0 Å². The van der Waals surface area contributed by atoms with Crippen LogP contribution in [0.25, 0.3) is 6.08 Å². The molecule has 164 valence electrons. The second kappa shape index (κ2) is 11.1. The molecule has 0 amide bonds. The molecule has 0 spiro atoms. The Balaban J connectivity index is 1.31. The van der Waals surface area contributed by atoms with Gasteiger partial charge in [0.1, 0.15) is 5.75 Å². The van der Waals surface area contributed by atoms with Gasteiger partial charge < -0.3 is 15.0 Å². The van der Waals surface area contributed by atoms with Crippen molar-refractivity contribution in [3.05, 3.63) is 95.5 Å². The van der Waals surface area contributed by atoms with Crippen LogP contribution in [-0.2, 0) is 0 Å². The highest BCUT2D eigenvalue weighted by Gasteiger charge is 2.19. The zero-order valence-electron chi connectivity index (χ0n) is 17.8. The average molecular weight is 464 g/mol. The van der Waals surface area contributed by atoms with E-state index < -0.39 is 0 Å². The van der Waals surface area contributed by atoms with E-state index in [9.17, 15) is 0 Å². The molecule has 3 aromatic rings. The van der Waals surface area contributed by atoms with E-state index >= 15 is 0 Å². The summed E-state index contributed by atoms with van der Waals surface area (Å²) in [5.41, 5.74) is 1.99. The minimum atomic E-state index is 0.630. The fourth-order valence-corrected chi connectivity index (χ4v) is 4.00. The van der Waals surface area contributed by atoms with Crippen molar-refractivity contribution in [3.8, 4) is 11.5 Å². The van der Waals surface area contributed by atoms with E-state index in [1.54, 1.807) is 0 Å². The Hall–Kier alpha value is -2.86. The van der Waals surface area contributed by atoms with Crippen LogP contribution in [0.2, 0.25) is 5.02 Å². The maximum Gasteiger partial charge on any atom is 0.173 e. The van der Waals surface area contributed by atoms with Crippen molar-refractivity contribution in [1.29, 1.82) is 0 Å². The topological polar surface area (TPSA) is 27.7 Å². The maximum absolute atomic E-state index is 6.24. The number of rotatable bonds is 6. The van der Waals surface area contributed by atoms with Crippen LogP contribution in [0, 0.1) is 0 Å². The Kier molecular flexibility index (Phi) is 7.77. The third-order valence-corrected chi connectivity index (χ3v) is 5.88. The molecule has 1 heterocycles. The van der Waals surface area contributed by atoms with Crippen molar-refractivity contribution in [3.63, 3.8) is 0 Å². The van der Waals surface area contributed by atoms with Crippen LogP contribution in [0.5, 0.6) is 11.5 Å². The lowest BCUT2D eigenvalue weighted by molar-refractivity contribution is 0.199. The van der Waals surface area contributed by atoms with E-state index in [0.29, 0.717) is 15.9 Å². The van der Waals surface area contributed by atoms with Crippen molar-refractivity contribution in [2.75, 3.05) is 38.0 Å². The normalized spacial score (nSPS) is 14.5. The first-order valence-corrected chi connectivity index (χ1v) is 11.5. The van der Waals surface area contributed by atoms with Crippen LogP contribution in [0.4, 0.5) is 5.69 Å². The molecule has 1 aliphatic heterocycles. The van der Waals surface area contributed by atoms with Crippen molar-refractivity contribution >= 4 is 40.7 Å². The molecule has 0 radical (unpaired) electrons. The molecule has 32 heavy (non-hydrogen) atoms. The lowest BCUT2D eigenvalue weighted by Gasteiger charge is -2.35. The number of ether oxygens (including phenoxy) is 1. The van der Waals surface area contributed by atoms with Gasteiger partial charge in [-0.25, -0.2) is 0 Å². The molecule has 0 bridgehead atoms. The Morgan fingerprint density at radius 2 is 1.62 bits per heavy atom. The molecule has 1 N–H and O–H groups in total. The van der Waals surface area contributed by atoms with Gasteiger partial charge in [-0.1, -0.05) is 72.3 Å². The standard InChI is InChI=1S/C26H26ClN3OS/c27-22-13-14-25(31-23-11-5-2-6-12-23)24(20-22)28-26(32)30-18-16-29(17-19-30)15-7-10-21-8-3-1-4-9-21/h1-14,20H,15-19H2,(H,28,32)/b10-7+. The van der Waals surface area contributed by atoms with E-state index in [1.165, 1.54) is 5.56 Å². The van der Waals surface area contributed by atoms with E-state index in [2.05, 4.69) is 51.5 Å². The quantitative estimate of drug-likeness (QED) is 0.442. The first-order chi connectivity index (χ1) is 15.7. The molecule has 4 rings (SSSR count). The largest absolute Gasteiger partial charge is 0.455 e. The first-order valence-electron chi connectivity index (χ1n) is 10.7. The van der Waals surface area contributed by atoms with Crippen molar-refractivity contribution < 1.29 is 4.74 Å². The second-order valence-corrected chi connectivity index (χ2v) is 8.41. The number of nitrogens with zero attached hydrogens (tertiary/aromatic N) is 2. The summed E-state index contributed by atoms with van der Waals surface area (Å²) >= 11 is 11.9. The highest BCUT2D eigenvalue weighted by molar-refractivity contribution is 7.80. The third-order valence-electron chi connectivity index (χ3n) is 5.29. The Morgan fingerprint density at radius 3 is 2.34 bits per heavy atom. The van der Waals surface area contributed by atoms with E-state index in [4.69, 9.17) is 28.6 Å². The van der Waals surface area contributed by atoms with Gasteiger partial charge in [-0.2, -0.15) is 0 Å². The molecule has 0 unspecified atom stereocenters. The number of hydrogen-bond donors (Lipinski definition) is 1. The summed E-state index contributed by atoms with van der Waals surface area (Å²) in [5, 5.41) is 4.65. The van der Waals surface area contributed by atoms with E-state index in [-0.39, 0.29) is 0 Å². The first kappa shape index (κ1) is 22.3. The zero-order valence-corrected chi connectivity index (χ0v) is 19.4. The van der Waals surface area contributed by atoms with Crippen LogP contribution >= 0.6 is 23.8 Å². The lowest BCUT2D eigenvalue weighted by Crippen LogP contribution is -2.49. The van der Waals surface area contributed by atoms with Gasteiger partial charge in [0.25, 0.3) is 0 Å². The maximum atomic E-state index is 6.24. The molecule has 6 heteroatoms. The summed E-state index contributed by atoms with van der Waals surface area (Å²) in [4.78, 5) is 4.63. The number of halogens is 1. The zero-order chi connectivity index (χ0) is 22.2. The minimum absolute atomic E-state index is 0.630. The van der Waals surface area contributed by atoms with Crippen molar-refractivity contribution in [1.82, 2.24) is 9.80 Å². The second-order valence-electron chi connectivity index (χ2n) is 7.59. The molecule has 0 saturated carbocycles. The number of hydrogen-bond acceptors (Lipinski definition) is 3. The molecular formula is C26H26ClN3OS. The van der Waals surface area contributed by atoms with Gasteiger partial charge in [-0.3, -0.25) is 4.90 Å². The number of nitrogens with one attached hydrogen (secondary N) is 1. The van der Waals surface area contributed by atoms with Crippen LogP contribution < -0.4 is 10.1 Å². The minimum Gasteiger partial charge on any atom is -0.455 e. The molecule has 0 atom stereocenters. The molecule has 1 fully saturated rings. The predicted molar refractivity (Wildman–Crippen MR) is 138 cm³/mol. The molecular weight excluding hydrogens is 438 g/mol. The van der Waals surface area contributed by atoms with E-state index in [0.717, 1.165) is 44.2 Å². The highest BCUT2D eigenvalue weighted by atomic mass is 35.5. The molecule has 0 aromatic heterocycles. The highest BCUT2D eigenvalue weighted by Crippen LogP contribution is 2.32. The van der Waals surface area contributed by atoms with Gasteiger partial charge in [0.05, 0.1) is 5.69 Å². The summed E-state index contributed by atoms with van der Waals surface area (Å²) in [6.45, 7) is 4.61. The molecule has 1 saturated heterocycles. The fourth-order valence-electron chi connectivity index (χ4n) is 3.53. The van der Waals surface area contributed by atoms with Crippen LogP contribution in [0.3, 0.4) is 0 Å². The summed E-state index contributed by atoms with van der Waals surface area (Å²) in [6.07, 6.45) is 4.40. The predicted octanol–water partition coefficient (Wildman–Crippen LogP) is 6.16. The fraction of sp³-hybridized carbons (Fsp3) is 0.192. The van der Waals surface area contributed by atoms with Crippen LogP contribution in [0.1, 0.15) is 5.56 Å². The lowest BCUT2D eigenvalue weighted by atomic mass is 10.2. The van der Waals surface area contributed by atoms with Crippen LogP contribution in [0.15, 0.2) is 84.9 Å². The monoisotopic (exact) mass is 463 g/mol. The summed E-state index contributed by atoms with van der Waals surface area (Å²) < 4.78 is 6.04. The Morgan fingerprint density at radius 1 is 0.938 bits per heavy atom. The number of para-hydroxylation sites is 1. The average Bonchev–Trinajstić information content (AvgIpc) is 2.83. The Bertz CT molecular complexity index is 1050. The van der Waals surface area contributed by atoms with Crippen molar-refractivity contribution in [2.45, 2.75) is 0 Å². The molecule has 0 aliphatic carbocycles. The smallest absolute Gasteiger partial charge is 0.173 e. The van der Waals surface area contributed by atoms with Gasteiger partial charge >= 0.3 is 0 Å². The number of thiocarbonyl (C=S) groups is 1. The summed E-state index contributed by atoms with van der Waals surface area (Å²) in [7, 11) is 0. The molecule has 3 aromatic carbocycles. The summed E-state index contributed by atoms with van der Waals surface area (Å²) in [6, 6.07) is 25.6. The van der Waals surface area contributed by atoms with Gasteiger partial charge in [0.15, 0.2) is 10.9 Å². The number of benzene rings is 3.